The molecule has 0 radical (unpaired) electrons. The lowest BCUT2D eigenvalue weighted by Gasteiger charge is -2.10. The van der Waals surface area contributed by atoms with E-state index in [4.69, 9.17) is 17.2 Å². The molecule has 2 heterocycles. The molecule has 2 aromatic carbocycles. The second-order valence-electron chi connectivity index (χ2n) is 6.26. The van der Waals surface area contributed by atoms with Gasteiger partial charge in [-0.05, 0) is 26.1 Å². The van der Waals surface area contributed by atoms with Crippen LogP contribution in [0.15, 0.2) is 53.3 Å². The van der Waals surface area contributed by atoms with E-state index in [9.17, 15) is 4.79 Å². The van der Waals surface area contributed by atoms with Gasteiger partial charge in [-0.1, -0.05) is 59.7 Å². The molecule has 0 amide bonds. The van der Waals surface area contributed by atoms with Gasteiger partial charge in [0, 0.05) is 11.1 Å². The summed E-state index contributed by atoms with van der Waals surface area (Å²) in [6.07, 6.45) is 0. The van der Waals surface area contributed by atoms with Gasteiger partial charge in [-0.15, -0.1) is 0 Å². The fourth-order valence-corrected chi connectivity index (χ4v) is 3.00. The van der Waals surface area contributed by atoms with Gasteiger partial charge in [0.2, 0.25) is 0 Å². The zero-order chi connectivity index (χ0) is 18.3. The van der Waals surface area contributed by atoms with Gasteiger partial charge in [0.15, 0.2) is 15.9 Å². The maximum absolute atomic E-state index is 12.3. The lowest BCUT2D eigenvalue weighted by atomic mass is 10.0. The van der Waals surface area contributed by atoms with Crippen molar-refractivity contribution in [3.63, 3.8) is 0 Å². The third kappa shape index (κ3) is 2.95. The monoisotopic (exact) mass is 360 g/mol. The summed E-state index contributed by atoms with van der Waals surface area (Å²) in [5.74, 6) is 0. The SMILES string of the molecule is Cc1ccc(-c2nc3[nH]c(=S)[nH]c(=O)c3nc2-c2ccc(C)cc2)cc1. The molecule has 0 aliphatic rings. The van der Waals surface area contributed by atoms with Crippen LogP contribution in [0.1, 0.15) is 11.1 Å². The number of nitrogens with one attached hydrogen (secondary N) is 2. The number of fused-ring (bicyclic) bond motifs is 1. The zero-order valence-electron chi connectivity index (χ0n) is 14.3. The number of aryl methyl sites for hydroxylation is 2. The molecular weight excluding hydrogens is 344 g/mol. The Hall–Kier alpha value is -3.12. The van der Waals surface area contributed by atoms with E-state index in [0.717, 1.165) is 22.3 Å². The summed E-state index contributed by atoms with van der Waals surface area (Å²) >= 11 is 5.07. The van der Waals surface area contributed by atoms with Crippen LogP contribution in [0.5, 0.6) is 0 Å². The van der Waals surface area contributed by atoms with E-state index in [1.54, 1.807) is 0 Å². The highest BCUT2D eigenvalue weighted by Crippen LogP contribution is 2.30. The van der Waals surface area contributed by atoms with Gasteiger partial charge in [-0.3, -0.25) is 9.78 Å². The van der Waals surface area contributed by atoms with Crippen molar-refractivity contribution in [1.29, 1.82) is 0 Å². The first-order chi connectivity index (χ1) is 12.5. The lowest BCUT2D eigenvalue weighted by molar-refractivity contribution is 1.09. The average molecular weight is 360 g/mol. The van der Waals surface area contributed by atoms with Crippen molar-refractivity contribution < 1.29 is 0 Å². The predicted molar refractivity (Wildman–Crippen MR) is 106 cm³/mol. The molecule has 128 valence electrons. The Labute approximate surface area is 154 Å². The zero-order valence-corrected chi connectivity index (χ0v) is 15.1. The first-order valence-electron chi connectivity index (χ1n) is 8.20. The highest BCUT2D eigenvalue weighted by atomic mass is 32.1. The highest BCUT2D eigenvalue weighted by molar-refractivity contribution is 7.71. The van der Waals surface area contributed by atoms with Gasteiger partial charge >= 0.3 is 0 Å². The number of nitrogens with zero attached hydrogens (tertiary/aromatic N) is 2. The molecule has 4 rings (SSSR count). The molecule has 0 atom stereocenters. The summed E-state index contributed by atoms with van der Waals surface area (Å²) in [7, 11) is 0. The summed E-state index contributed by atoms with van der Waals surface area (Å²) in [6.45, 7) is 4.06. The van der Waals surface area contributed by atoms with Crippen molar-refractivity contribution >= 4 is 23.4 Å². The standard InChI is InChI=1S/C20H16N4OS/c1-11-3-7-13(8-4-11)15-16(14-9-5-12(2)6-10-14)22-18-17(21-15)19(25)24-20(26)23-18/h3-10H,1-2H3,(H2,22,23,24,25,26). The van der Waals surface area contributed by atoms with Crippen LogP contribution in [0, 0.1) is 18.6 Å². The number of hydrogen-bond donors (Lipinski definition) is 2. The van der Waals surface area contributed by atoms with Crippen molar-refractivity contribution in [3.8, 4) is 22.5 Å². The Morgan fingerprint density at radius 2 is 1.27 bits per heavy atom. The molecule has 0 aliphatic heterocycles. The fraction of sp³-hybridized carbons (Fsp3) is 0.100. The van der Waals surface area contributed by atoms with Gasteiger partial charge in [-0.25, -0.2) is 9.97 Å². The molecule has 2 aromatic heterocycles. The largest absolute Gasteiger partial charge is 0.315 e. The van der Waals surface area contributed by atoms with E-state index in [2.05, 4.69) is 15.0 Å². The van der Waals surface area contributed by atoms with E-state index in [1.165, 1.54) is 0 Å². The van der Waals surface area contributed by atoms with E-state index in [1.807, 2.05) is 62.4 Å². The van der Waals surface area contributed by atoms with Crippen molar-refractivity contribution in [2.24, 2.45) is 0 Å². The van der Waals surface area contributed by atoms with E-state index >= 15 is 0 Å². The number of aromatic amines is 2. The quantitative estimate of drug-likeness (QED) is 0.522. The van der Waals surface area contributed by atoms with Crippen LogP contribution in [-0.4, -0.2) is 19.9 Å². The minimum absolute atomic E-state index is 0.231. The molecule has 0 unspecified atom stereocenters. The fourth-order valence-electron chi connectivity index (χ4n) is 2.81. The highest BCUT2D eigenvalue weighted by Gasteiger charge is 2.15. The van der Waals surface area contributed by atoms with Gasteiger partial charge in [0.05, 0.1) is 11.4 Å². The molecule has 5 nitrogen and oxygen atoms in total. The van der Waals surface area contributed by atoms with Crippen LogP contribution in [0.3, 0.4) is 0 Å². The Morgan fingerprint density at radius 3 is 1.81 bits per heavy atom. The normalized spacial score (nSPS) is 11.0. The average Bonchev–Trinajstić information content (AvgIpc) is 2.62. The maximum Gasteiger partial charge on any atom is 0.279 e. The van der Waals surface area contributed by atoms with Crippen molar-refractivity contribution in [3.05, 3.63) is 74.8 Å². The van der Waals surface area contributed by atoms with Crippen LogP contribution in [0.25, 0.3) is 33.7 Å². The van der Waals surface area contributed by atoms with Crippen LogP contribution >= 0.6 is 12.2 Å². The summed E-state index contributed by atoms with van der Waals surface area (Å²) in [5.41, 5.74) is 5.80. The molecule has 0 saturated carbocycles. The first kappa shape index (κ1) is 16.4. The van der Waals surface area contributed by atoms with Crippen LogP contribution < -0.4 is 5.56 Å². The Bertz CT molecular complexity index is 1220. The van der Waals surface area contributed by atoms with Crippen molar-refractivity contribution in [2.75, 3.05) is 0 Å². The minimum atomic E-state index is -0.347. The van der Waals surface area contributed by atoms with E-state index in [-0.39, 0.29) is 15.8 Å². The number of benzene rings is 2. The molecule has 2 N–H and O–H groups in total. The topological polar surface area (TPSA) is 74.4 Å². The van der Waals surface area contributed by atoms with Crippen molar-refractivity contribution in [1.82, 2.24) is 19.9 Å². The van der Waals surface area contributed by atoms with Crippen LogP contribution in [-0.2, 0) is 0 Å². The second-order valence-corrected chi connectivity index (χ2v) is 6.67. The molecule has 0 saturated heterocycles. The molecule has 6 heteroatoms. The van der Waals surface area contributed by atoms with E-state index < -0.39 is 0 Å². The first-order valence-corrected chi connectivity index (χ1v) is 8.60. The Balaban J connectivity index is 2.07. The molecule has 26 heavy (non-hydrogen) atoms. The summed E-state index contributed by atoms with van der Waals surface area (Å²) < 4.78 is 0.231. The third-order valence-electron chi connectivity index (χ3n) is 4.22. The van der Waals surface area contributed by atoms with Gasteiger partial charge in [0.1, 0.15) is 0 Å². The Morgan fingerprint density at radius 1 is 0.769 bits per heavy atom. The molecular formula is C20H16N4OS. The minimum Gasteiger partial charge on any atom is -0.315 e. The van der Waals surface area contributed by atoms with E-state index in [0.29, 0.717) is 17.0 Å². The molecule has 0 fully saturated rings. The number of H-pyrrole nitrogens is 2. The molecule has 4 aromatic rings. The predicted octanol–water partition coefficient (Wildman–Crippen LogP) is 4.33. The number of rotatable bonds is 2. The molecule has 0 spiro atoms. The van der Waals surface area contributed by atoms with Gasteiger partial charge in [-0.2, -0.15) is 0 Å². The molecule has 0 aliphatic carbocycles. The molecule has 0 bridgehead atoms. The van der Waals surface area contributed by atoms with Crippen LogP contribution in [0.4, 0.5) is 0 Å². The van der Waals surface area contributed by atoms with Gasteiger partial charge < -0.3 is 4.98 Å². The summed E-state index contributed by atoms with van der Waals surface area (Å²) in [6, 6.07) is 16.1. The maximum atomic E-state index is 12.3. The summed E-state index contributed by atoms with van der Waals surface area (Å²) in [4.78, 5) is 27.1. The second kappa shape index (κ2) is 6.31. The lowest BCUT2D eigenvalue weighted by Crippen LogP contribution is -2.12. The smallest absolute Gasteiger partial charge is 0.279 e. The van der Waals surface area contributed by atoms with Gasteiger partial charge in [0.25, 0.3) is 5.56 Å². The summed E-state index contributed by atoms with van der Waals surface area (Å²) in [5, 5.41) is 0. The number of hydrogen-bond acceptors (Lipinski definition) is 4. The van der Waals surface area contributed by atoms with Crippen molar-refractivity contribution in [2.45, 2.75) is 13.8 Å². The third-order valence-corrected chi connectivity index (χ3v) is 4.42. The van der Waals surface area contributed by atoms with Crippen LogP contribution in [0.2, 0.25) is 0 Å². The Kier molecular flexibility index (Phi) is 3.97. The number of aromatic nitrogens is 4.